The first-order chi connectivity index (χ1) is 7.13. The number of halogens is 2. The van der Waals surface area contributed by atoms with E-state index in [-0.39, 0.29) is 4.75 Å². The van der Waals surface area contributed by atoms with E-state index in [0.717, 1.165) is 27.5 Å². The van der Waals surface area contributed by atoms with Crippen LogP contribution in [0.1, 0.15) is 12.5 Å². The zero-order chi connectivity index (χ0) is 10.9. The highest BCUT2D eigenvalue weighted by molar-refractivity contribution is 9.09. The van der Waals surface area contributed by atoms with Gasteiger partial charge in [-0.1, -0.05) is 51.4 Å². The molecule has 1 atom stereocenters. The molecule has 1 aliphatic heterocycles. The number of hydrogen-bond acceptors (Lipinski definition) is 2. The van der Waals surface area contributed by atoms with Gasteiger partial charge >= 0.3 is 0 Å². The first kappa shape index (κ1) is 11.5. The SMILES string of the molecule is CC1(CBr)CN=C(c2ccc(Cl)cc2)S1. The summed E-state index contributed by atoms with van der Waals surface area (Å²) < 4.78 is 0.203. The van der Waals surface area contributed by atoms with E-state index in [1.165, 1.54) is 0 Å². The molecule has 4 heteroatoms. The molecule has 2 rings (SSSR count). The third-order valence-corrected chi connectivity index (χ3v) is 5.46. The van der Waals surface area contributed by atoms with Gasteiger partial charge in [-0.25, -0.2) is 0 Å². The van der Waals surface area contributed by atoms with Gasteiger partial charge in [0.1, 0.15) is 0 Å². The monoisotopic (exact) mass is 303 g/mol. The smallest absolute Gasteiger partial charge is 0.0983 e. The summed E-state index contributed by atoms with van der Waals surface area (Å²) in [5, 5.41) is 2.85. The molecule has 0 saturated carbocycles. The molecule has 0 amide bonds. The van der Waals surface area contributed by atoms with Gasteiger partial charge < -0.3 is 0 Å². The molecule has 0 bridgehead atoms. The topological polar surface area (TPSA) is 12.4 Å². The average molecular weight is 305 g/mol. The first-order valence-corrected chi connectivity index (χ1v) is 7.00. The van der Waals surface area contributed by atoms with Gasteiger partial charge in [-0.15, -0.1) is 0 Å². The normalized spacial score (nSPS) is 25.4. The van der Waals surface area contributed by atoms with E-state index in [1.54, 1.807) is 0 Å². The number of hydrogen-bond donors (Lipinski definition) is 0. The minimum atomic E-state index is 0.203. The van der Waals surface area contributed by atoms with Crippen molar-refractivity contribution in [3.8, 4) is 0 Å². The van der Waals surface area contributed by atoms with Crippen LogP contribution in [0.15, 0.2) is 29.3 Å². The van der Waals surface area contributed by atoms with Crippen molar-refractivity contribution in [1.29, 1.82) is 0 Å². The van der Waals surface area contributed by atoms with Crippen molar-refractivity contribution in [3.63, 3.8) is 0 Å². The van der Waals surface area contributed by atoms with Crippen molar-refractivity contribution in [1.82, 2.24) is 0 Å². The minimum Gasteiger partial charge on any atom is -0.276 e. The summed E-state index contributed by atoms with van der Waals surface area (Å²) in [6.45, 7) is 3.10. The molecule has 0 radical (unpaired) electrons. The second-order valence-electron chi connectivity index (χ2n) is 3.81. The van der Waals surface area contributed by atoms with E-state index in [2.05, 4.69) is 27.8 Å². The van der Waals surface area contributed by atoms with E-state index in [0.29, 0.717) is 0 Å². The second kappa shape index (κ2) is 4.48. The van der Waals surface area contributed by atoms with E-state index in [1.807, 2.05) is 36.0 Å². The van der Waals surface area contributed by atoms with Crippen molar-refractivity contribution in [2.45, 2.75) is 11.7 Å². The molecule has 1 aliphatic rings. The van der Waals surface area contributed by atoms with Crippen molar-refractivity contribution >= 4 is 44.3 Å². The summed E-state index contributed by atoms with van der Waals surface area (Å²) in [6.07, 6.45) is 0. The summed E-state index contributed by atoms with van der Waals surface area (Å²) in [5.41, 5.74) is 1.16. The van der Waals surface area contributed by atoms with Gasteiger partial charge in [-0.2, -0.15) is 0 Å². The largest absolute Gasteiger partial charge is 0.276 e. The summed E-state index contributed by atoms with van der Waals surface area (Å²) in [5.74, 6) is 0. The number of nitrogens with zero attached hydrogens (tertiary/aromatic N) is 1. The molecular formula is C11H11BrClNS. The Balaban J connectivity index is 2.17. The third-order valence-electron chi connectivity index (χ3n) is 2.27. The Bertz CT molecular complexity index is 390. The third kappa shape index (κ3) is 2.58. The summed E-state index contributed by atoms with van der Waals surface area (Å²) >= 11 is 11.2. The van der Waals surface area contributed by atoms with Crippen LogP contribution in [0.5, 0.6) is 0 Å². The maximum atomic E-state index is 5.85. The molecule has 0 aromatic heterocycles. The second-order valence-corrected chi connectivity index (χ2v) is 6.39. The lowest BCUT2D eigenvalue weighted by molar-refractivity contribution is 0.757. The molecule has 1 nitrogen and oxygen atoms in total. The van der Waals surface area contributed by atoms with Crippen LogP contribution in [-0.4, -0.2) is 21.7 Å². The highest BCUT2D eigenvalue weighted by Gasteiger charge is 2.31. The van der Waals surface area contributed by atoms with Crippen LogP contribution in [0.3, 0.4) is 0 Å². The molecule has 80 valence electrons. The van der Waals surface area contributed by atoms with Crippen LogP contribution in [0.4, 0.5) is 0 Å². The van der Waals surface area contributed by atoms with E-state index < -0.39 is 0 Å². The number of thioether (sulfide) groups is 1. The number of aliphatic imine (C=N–C) groups is 1. The minimum absolute atomic E-state index is 0.203. The van der Waals surface area contributed by atoms with Gasteiger partial charge in [0, 0.05) is 20.7 Å². The average Bonchev–Trinajstić information content (AvgIpc) is 2.63. The molecule has 0 saturated heterocycles. The molecule has 15 heavy (non-hydrogen) atoms. The van der Waals surface area contributed by atoms with Crippen LogP contribution in [0.25, 0.3) is 0 Å². The molecular weight excluding hydrogens is 294 g/mol. The maximum absolute atomic E-state index is 5.85. The fourth-order valence-electron chi connectivity index (χ4n) is 1.35. The van der Waals surface area contributed by atoms with Gasteiger partial charge in [-0.05, 0) is 19.1 Å². The lowest BCUT2D eigenvalue weighted by Crippen LogP contribution is -2.22. The molecule has 0 aliphatic carbocycles. The predicted octanol–water partition coefficient (Wildman–Crippen LogP) is 3.99. The molecule has 1 heterocycles. The zero-order valence-electron chi connectivity index (χ0n) is 8.34. The Morgan fingerprint density at radius 1 is 1.47 bits per heavy atom. The van der Waals surface area contributed by atoms with Gasteiger partial charge in [0.25, 0.3) is 0 Å². The first-order valence-electron chi connectivity index (χ1n) is 4.68. The number of alkyl halides is 1. The van der Waals surface area contributed by atoms with Gasteiger partial charge in [-0.3, -0.25) is 4.99 Å². The molecule has 1 aromatic carbocycles. The van der Waals surface area contributed by atoms with Gasteiger partial charge in [0.2, 0.25) is 0 Å². The number of rotatable bonds is 2. The molecule has 0 spiro atoms. The molecule has 1 aromatic rings. The Hall–Kier alpha value is 0.01000. The summed E-state index contributed by atoms with van der Waals surface area (Å²) in [6, 6.07) is 7.86. The van der Waals surface area contributed by atoms with E-state index >= 15 is 0 Å². The molecule has 1 unspecified atom stereocenters. The van der Waals surface area contributed by atoms with Gasteiger partial charge in [0.05, 0.1) is 11.6 Å². The van der Waals surface area contributed by atoms with Crippen LogP contribution >= 0.6 is 39.3 Å². The lowest BCUT2D eigenvalue weighted by Gasteiger charge is -2.17. The van der Waals surface area contributed by atoms with Crippen molar-refractivity contribution < 1.29 is 0 Å². The zero-order valence-corrected chi connectivity index (χ0v) is 11.5. The lowest BCUT2D eigenvalue weighted by atomic mass is 10.2. The van der Waals surface area contributed by atoms with Crippen molar-refractivity contribution in [3.05, 3.63) is 34.9 Å². The highest BCUT2D eigenvalue weighted by Crippen LogP contribution is 2.36. The predicted molar refractivity (Wildman–Crippen MR) is 72.6 cm³/mol. The number of benzene rings is 1. The fraction of sp³-hybridized carbons (Fsp3) is 0.364. The van der Waals surface area contributed by atoms with Crippen molar-refractivity contribution in [2.75, 3.05) is 11.9 Å². The maximum Gasteiger partial charge on any atom is 0.0983 e. The Morgan fingerprint density at radius 3 is 2.67 bits per heavy atom. The van der Waals surface area contributed by atoms with E-state index in [9.17, 15) is 0 Å². The molecule has 0 fully saturated rings. The Labute approximate surface area is 107 Å². The quantitative estimate of drug-likeness (QED) is 0.753. The highest BCUT2D eigenvalue weighted by atomic mass is 79.9. The standard InChI is InChI=1S/C11H11BrClNS/c1-11(6-12)7-14-10(15-11)8-2-4-9(13)5-3-8/h2-5H,6-7H2,1H3. The van der Waals surface area contributed by atoms with Crippen LogP contribution < -0.4 is 0 Å². The summed E-state index contributed by atoms with van der Waals surface area (Å²) in [4.78, 5) is 4.57. The Kier molecular flexibility index (Phi) is 3.43. The fourth-order valence-corrected chi connectivity index (χ4v) is 3.03. The Morgan fingerprint density at radius 2 is 2.13 bits per heavy atom. The van der Waals surface area contributed by atoms with E-state index in [4.69, 9.17) is 11.6 Å². The van der Waals surface area contributed by atoms with Crippen LogP contribution in [0.2, 0.25) is 5.02 Å². The van der Waals surface area contributed by atoms with Crippen LogP contribution in [-0.2, 0) is 0 Å². The molecule has 0 N–H and O–H groups in total. The van der Waals surface area contributed by atoms with Gasteiger partial charge in [0.15, 0.2) is 0 Å². The van der Waals surface area contributed by atoms with Crippen molar-refractivity contribution in [2.24, 2.45) is 4.99 Å². The van der Waals surface area contributed by atoms with Crippen LogP contribution in [0, 0.1) is 0 Å². The summed E-state index contributed by atoms with van der Waals surface area (Å²) in [7, 11) is 0.